The average molecular weight is 354 g/mol. The summed E-state index contributed by atoms with van der Waals surface area (Å²) in [7, 11) is 1.68. The zero-order valence-electron chi connectivity index (χ0n) is 13.3. The van der Waals surface area contributed by atoms with Crippen molar-refractivity contribution in [2.75, 3.05) is 7.11 Å². The highest BCUT2D eigenvalue weighted by atomic mass is 35.5. The van der Waals surface area contributed by atoms with Crippen molar-refractivity contribution >= 4 is 35.7 Å². The van der Waals surface area contributed by atoms with Crippen LogP contribution in [0, 0.1) is 0 Å². The molecule has 0 radical (unpaired) electrons. The van der Waals surface area contributed by atoms with Gasteiger partial charge >= 0.3 is 0 Å². The maximum atomic E-state index is 6.13. The molecule has 2 aromatic carbocycles. The van der Waals surface area contributed by atoms with Gasteiger partial charge < -0.3 is 10.5 Å². The van der Waals surface area contributed by atoms with E-state index in [1.54, 1.807) is 13.3 Å². The van der Waals surface area contributed by atoms with Gasteiger partial charge in [-0.3, -0.25) is 5.10 Å². The molecule has 1 heterocycles. The molecule has 3 N–H and O–H groups in total. The van der Waals surface area contributed by atoms with E-state index in [0.29, 0.717) is 0 Å². The van der Waals surface area contributed by atoms with Crippen molar-refractivity contribution in [3.8, 4) is 16.9 Å². The number of aromatic nitrogens is 2. The molecule has 3 rings (SSSR count). The number of fused-ring (bicyclic) bond motifs is 1. The zero-order valence-corrected chi connectivity index (χ0v) is 14.9. The number of hydrogen-bond donors (Lipinski definition) is 2. The van der Waals surface area contributed by atoms with E-state index in [1.807, 2.05) is 26.0 Å². The summed E-state index contributed by atoms with van der Waals surface area (Å²) in [6.45, 7) is 4.00. The van der Waals surface area contributed by atoms with Crippen LogP contribution in [-0.2, 0) is 5.54 Å². The Morgan fingerprint density at radius 2 is 1.70 bits per heavy atom. The average Bonchev–Trinajstić information content (AvgIpc) is 2.94. The number of rotatable bonds is 3. The minimum Gasteiger partial charge on any atom is -0.495 e. The fourth-order valence-corrected chi connectivity index (χ4v) is 2.52. The van der Waals surface area contributed by atoms with E-state index in [4.69, 9.17) is 10.5 Å². The van der Waals surface area contributed by atoms with Crippen LogP contribution in [0.3, 0.4) is 0 Å². The number of halogens is 2. The van der Waals surface area contributed by atoms with Crippen molar-refractivity contribution in [2.24, 2.45) is 5.73 Å². The molecule has 23 heavy (non-hydrogen) atoms. The highest BCUT2D eigenvalue weighted by Gasteiger charge is 2.15. The number of hydrogen-bond acceptors (Lipinski definition) is 3. The lowest BCUT2D eigenvalue weighted by molar-refractivity contribution is 0.421. The molecule has 6 heteroatoms. The number of nitrogens with one attached hydrogen (secondary N) is 1. The van der Waals surface area contributed by atoms with Crippen molar-refractivity contribution in [2.45, 2.75) is 19.4 Å². The van der Waals surface area contributed by atoms with Crippen LogP contribution in [0.5, 0.6) is 5.75 Å². The Balaban J connectivity index is 0.00000132. The van der Waals surface area contributed by atoms with Crippen molar-refractivity contribution < 1.29 is 4.74 Å². The van der Waals surface area contributed by atoms with Gasteiger partial charge in [-0.25, -0.2) is 0 Å². The molecular weight excluding hydrogens is 333 g/mol. The standard InChI is InChI=1S/C17H19N3O.2ClH/c1-17(2,18)12-6-4-11(5-7-12)13-8-9-15-14(10-19-20-15)16(13)21-3;;/h4-10H,18H2,1-3H3,(H,19,20);2*1H. The van der Waals surface area contributed by atoms with Crippen LogP contribution in [0.4, 0.5) is 0 Å². The number of H-pyrrole nitrogens is 1. The summed E-state index contributed by atoms with van der Waals surface area (Å²) in [5.41, 5.74) is 10.0. The first kappa shape index (κ1) is 19.3. The molecule has 0 saturated heterocycles. The lowest BCUT2D eigenvalue weighted by Crippen LogP contribution is -2.28. The first-order valence-corrected chi connectivity index (χ1v) is 6.90. The maximum absolute atomic E-state index is 6.13. The Morgan fingerprint density at radius 1 is 1.04 bits per heavy atom. The molecule has 0 atom stereocenters. The Bertz CT molecular complexity index is 777. The van der Waals surface area contributed by atoms with E-state index in [9.17, 15) is 0 Å². The molecule has 0 aliphatic heterocycles. The third-order valence-corrected chi connectivity index (χ3v) is 3.72. The summed E-state index contributed by atoms with van der Waals surface area (Å²) in [5, 5.41) is 8.01. The van der Waals surface area contributed by atoms with Gasteiger partial charge in [-0.05, 0) is 37.1 Å². The Hall–Kier alpha value is -1.75. The number of benzene rings is 2. The molecule has 0 aliphatic rings. The highest BCUT2D eigenvalue weighted by Crippen LogP contribution is 2.36. The van der Waals surface area contributed by atoms with Crippen LogP contribution < -0.4 is 10.5 Å². The number of aromatic amines is 1. The maximum Gasteiger partial charge on any atom is 0.137 e. The monoisotopic (exact) mass is 353 g/mol. The van der Waals surface area contributed by atoms with Crippen LogP contribution >= 0.6 is 24.8 Å². The van der Waals surface area contributed by atoms with Gasteiger partial charge in [0.15, 0.2) is 0 Å². The normalized spacial score (nSPS) is 10.8. The highest BCUT2D eigenvalue weighted by molar-refractivity contribution is 5.92. The van der Waals surface area contributed by atoms with E-state index >= 15 is 0 Å². The molecule has 0 saturated carbocycles. The van der Waals surface area contributed by atoms with Gasteiger partial charge in [0.05, 0.1) is 24.2 Å². The predicted octanol–water partition coefficient (Wildman–Crippen LogP) is 4.28. The molecule has 1 aromatic heterocycles. The van der Waals surface area contributed by atoms with Gasteiger partial charge in [0.2, 0.25) is 0 Å². The van der Waals surface area contributed by atoms with Crippen LogP contribution in [0.1, 0.15) is 19.4 Å². The zero-order chi connectivity index (χ0) is 15.0. The van der Waals surface area contributed by atoms with Gasteiger partial charge in [0.1, 0.15) is 5.75 Å². The van der Waals surface area contributed by atoms with Gasteiger partial charge in [-0.15, -0.1) is 24.8 Å². The molecule has 3 aromatic rings. The van der Waals surface area contributed by atoms with E-state index < -0.39 is 0 Å². The summed E-state index contributed by atoms with van der Waals surface area (Å²) in [6, 6.07) is 12.3. The van der Waals surface area contributed by atoms with E-state index in [0.717, 1.165) is 33.3 Å². The van der Waals surface area contributed by atoms with Gasteiger partial charge in [-0.1, -0.05) is 24.3 Å². The number of methoxy groups -OCH3 is 1. The lowest BCUT2D eigenvalue weighted by Gasteiger charge is -2.19. The smallest absolute Gasteiger partial charge is 0.137 e. The third-order valence-electron chi connectivity index (χ3n) is 3.72. The lowest BCUT2D eigenvalue weighted by atomic mass is 9.93. The summed E-state index contributed by atoms with van der Waals surface area (Å²) in [4.78, 5) is 0. The minimum atomic E-state index is -0.336. The van der Waals surface area contributed by atoms with Gasteiger partial charge in [-0.2, -0.15) is 5.10 Å². The second-order valence-corrected chi connectivity index (χ2v) is 5.78. The Morgan fingerprint density at radius 3 is 2.26 bits per heavy atom. The van der Waals surface area contributed by atoms with Crippen LogP contribution in [0.25, 0.3) is 22.0 Å². The first-order valence-electron chi connectivity index (χ1n) is 6.90. The predicted molar refractivity (Wildman–Crippen MR) is 99.8 cm³/mol. The molecule has 0 unspecified atom stereocenters. The van der Waals surface area contributed by atoms with E-state index in [-0.39, 0.29) is 30.4 Å². The van der Waals surface area contributed by atoms with Crippen LogP contribution in [0.2, 0.25) is 0 Å². The fraction of sp³-hybridized carbons (Fsp3) is 0.235. The van der Waals surface area contributed by atoms with E-state index in [1.165, 1.54) is 0 Å². The molecule has 4 nitrogen and oxygen atoms in total. The Kier molecular flexibility index (Phi) is 6.05. The van der Waals surface area contributed by atoms with Gasteiger partial charge in [0.25, 0.3) is 0 Å². The summed E-state index contributed by atoms with van der Waals surface area (Å²) >= 11 is 0. The van der Waals surface area contributed by atoms with Crippen molar-refractivity contribution in [1.82, 2.24) is 10.2 Å². The summed E-state index contributed by atoms with van der Waals surface area (Å²) < 4.78 is 5.58. The second-order valence-electron chi connectivity index (χ2n) is 5.78. The van der Waals surface area contributed by atoms with Crippen LogP contribution in [-0.4, -0.2) is 17.3 Å². The number of nitrogens with zero attached hydrogens (tertiary/aromatic N) is 1. The largest absolute Gasteiger partial charge is 0.495 e. The molecule has 0 spiro atoms. The van der Waals surface area contributed by atoms with Crippen LogP contribution in [0.15, 0.2) is 42.6 Å². The topological polar surface area (TPSA) is 63.9 Å². The molecule has 0 fully saturated rings. The number of nitrogens with two attached hydrogens (primary N) is 1. The van der Waals surface area contributed by atoms with Crippen molar-refractivity contribution in [3.05, 3.63) is 48.2 Å². The number of ether oxygens (including phenoxy) is 1. The van der Waals surface area contributed by atoms with Crippen molar-refractivity contribution in [3.63, 3.8) is 0 Å². The third kappa shape index (κ3) is 3.61. The quantitative estimate of drug-likeness (QED) is 0.738. The SMILES string of the molecule is COc1c(-c2ccc(C(C)(C)N)cc2)ccc2[nH]ncc12.Cl.Cl. The summed E-state index contributed by atoms with van der Waals surface area (Å²) in [6.07, 6.45) is 1.79. The first-order chi connectivity index (χ1) is 10.0. The molecule has 124 valence electrons. The van der Waals surface area contributed by atoms with Gasteiger partial charge in [0, 0.05) is 11.1 Å². The molecular formula is C17H21Cl2N3O. The Labute approximate surface area is 148 Å². The second kappa shape index (κ2) is 7.21. The van der Waals surface area contributed by atoms with E-state index in [2.05, 4.69) is 34.5 Å². The molecule has 0 amide bonds. The fourth-order valence-electron chi connectivity index (χ4n) is 2.52. The summed E-state index contributed by atoms with van der Waals surface area (Å²) in [5.74, 6) is 0.834. The van der Waals surface area contributed by atoms with Crippen molar-refractivity contribution in [1.29, 1.82) is 0 Å². The molecule has 0 bridgehead atoms. The minimum absolute atomic E-state index is 0. The molecule has 0 aliphatic carbocycles.